The maximum Gasteiger partial charge on any atom is 0.251 e. The highest BCUT2D eigenvalue weighted by Crippen LogP contribution is 2.18. The van der Waals surface area contributed by atoms with Gasteiger partial charge in [0.1, 0.15) is 11.6 Å². The summed E-state index contributed by atoms with van der Waals surface area (Å²) in [4.78, 5) is 19.2. The van der Waals surface area contributed by atoms with Crippen LogP contribution in [0.5, 0.6) is 5.75 Å². The zero-order valence-electron chi connectivity index (χ0n) is 16.1. The van der Waals surface area contributed by atoms with E-state index in [1.807, 2.05) is 48.7 Å². The Bertz CT molecular complexity index is 695. The molecule has 2 heterocycles. The van der Waals surface area contributed by atoms with Gasteiger partial charge in [0.05, 0.1) is 6.61 Å². The lowest BCUT2D eigenvalue weighted by Crippen LogP contribution is -2.44. The number of unbranched alkanes of at least 4 members (excludes halogenated alkanes) is 2. The van der Waals surface area contributed by atoms with Crippen LogP contribution >= 0.6 is 0 Å². The third-order valence-electron chi connectivity index (χ3n) is 4.94. The highest BCUT2D eigenvalue weighted by Gasteiger charge is 2.21. The van der Waals surface area contributed by atoms with E-state index in [1.165, 1.54) is 12.8 Å². The van der Waals surface area contributed by atoms with Crippen LogP contribution in [0.1, 0.15) is 49.4 Å². The highest BCUT2D eigenvalue weighted by molar-refractivity contribution is 5.94. The molecule has 3 rings (SSSR count). The van der Waals surface area contributed by atoms with Gasteiger partial charge in [-0.3, -0.25) is 4.79 Å². The Kier molecular flexibility index (Phi) is 7.08. The molecule has 1 fully saturated rings. The van der Waals surface area contributed by atoms with Crippen LogP contribution in [0.4, 0.5) is 5.82 Å². The maximum absolute atomic E-state index is 12.5. The van der Waals surface area contributed by atoms with Crippen molar-refractivity contribution in [3.63, 3.8) is 0 Å². The number of amides is 1. The SMILES string of the molecule is CCCCCOc1ccc(C(=O)NC2CCN(c3ccccn3)CC2)cc1. The number of rotatable bonds is 8. The van der Waals surface area contributed by atoms with E-state index in [9.17, 15) is 4.79 Å². The molecule has 1 aliphatic heterocycles. The number of benzene rings is 1. The number of aromatic nitrogens is 1. The molecule has 1 aromatic carbocycles. The minimum absolute atomic E-state index is 0.0104. The number of anilines is 1. The zero-order valence-corrected chi connectivity index (χ0v) is 16.1. The molecule has 0 aliphatic carbocycles. The molecule has 0 spiro atoms. The van der Waals surface area contributed by atoms with E-state index in [0.717, 1.165) is 50.5 Å². The number of hydrogen-bond donors (Lipinski definition) is 1. The topological polar surface area (TPSA) is 54.5 Å². The summed E-state index contributed by atoms with van der Waals surface area (Å²) < 4.78 is 5.70. The van der Waals surface area contributed by atoms with Crippen LogP contribution in [0, 0.1) is 0 Å². The molecular weight excluding hydrogens is 338 g/mol. The lowest BCUT2D eigenvalue weighted by Gasteiger charge is -2.33. The molecule has 27 heavy (non-hydrogen) atoms. The summed E-state index contributed by atoms with van der Waals surface area (Å²) in [6, 6.07) is 13.6. The summed E-state index contributed by atoms with van der Waals surface area (Å²) in [5, 5.41) is 3.16. The second-order valence-corrected chi connectivity index (χ2v) is 7.00. The summed E-state index contributed by atoms with van der Waals surface area (Å²) >= 11 is 0. The second kappa shape index (κ2) is 9.95. The lowest BCUT2D eigenvalue weighted by atomic mass is 10.0. The number of nitrogens with zero attached hydrogens (tertiary/aromatic N) is 2. The van der Waals surface area contributed by atoms with E-state index in [2.05, 4.69) is 22.1 Å². The second-order valence-electron chi connectivity index (χ2n) is 7.00. The first-order valence-electron chi connectivity index (χ1n) is 9.96. The normalized spacial score (nSPS) is 14.8. The van der Waals surface area contributed by atoms with Gasteiger partial charge < -0.3 is 15.0 Å². The Morgan fingerprint density at radius 3 is 2.59 bits per heavy atom. The minimum atomic E-state index is -0.0104. The van der Waals surface area contributed by atoms with Crippen LogP contribution in [0.15, 0.2) is 48.7 Å². The first-order chi connectivity index (χ1) is 13.3. The molecule has 2 aromatic rings. The van der Waals surface area contributed by atoms with Gasteiger partial charge in [-0.2, -0.15) is 0 Å². The minimum Gasteiger partial charge on any atom is -0.494 e. The van der Waals surface area contributed by atoms with E-state index >= 15 is 0 Å². The molecule has 144 valence electrons. The number of nitrogens with one attached hydrogen (secondary N) is 1. The van der Waals surface area contributed by atoms with Gasteiger partial charge in [-0.25, -0.2) is 4.98 Å². The molecule has 1 amide bonds. The van der Waals surface area contributed by atoms with Crippen LogP contribution in [0.3, 0.4) is 0 Å². The Balaban J connectivity index is 1.44. The molecule has 5 nitrogen and oxygen atoms in total. The molecule has 5 heteroatoms. The molecule has 0 radical (unpaired) electrons. The van der Waals surface area contributed by atoms with Crippen LogP contribution < -0.4 is 15.0 Å². The predicted molar refractivity (Wildman–Crippen MR) is 108 cm³/mol. The molecule has 0 unspecified atom stereocenters. The Hall–Kier alpha value is -2.56. The van der Waals surface area contributed by atoms with Crippen LogP contribution in [0.2, 0.25) is 0 Å². The van der Waals surface area contributed by atoms with E-state index in [-0.39, 0.29) is 11.9 Å². The molecule has 0 bridgehead atoms. The van der Waals surface area contributed by atoms with Gasteiger partial charge >= 0.3 is 0 Å². The van der Waals surface area contributed by atoms with Gasteiger partial charge in [0.2, 0.25) is 0 Å². The van der Waals surface area contributed by atoms with E-state index in [4.69, 9.17) is 4.74 Å². The molecule has 0 saturated carbocycles. The van der Waals surface area contributed by atoms with Crippen molar-refractivity contribution in [2.45, 2.75) is 45.1 Å². The van der Waals surface area contributed by atoms with Crippen molar-refractivity contribution in [2.75, 3.05) is 24.6 Å². The highest BCUT2D eigenvalue weighted by atomic mass is 16.5. The van der Waals surface area contributed by atoms with E-state index in [1.54, 1.807) is 0 Å². The summed E-state index contributed by atoms with van der Waals surface area (Å²) in [7, 11) is 0. The third kappa shape index (κ3) is 5.71. The number of piperidine rings is 1. The molecule has 1 saturated heterocycles. The largest absolute Gasteiger partial charge is 0.494 e. The maximum atomic E-state index is 12.5. The summed E-state index contributed by atoms with van der Waals surface area (Å²) in [5.41, 5.74) is 0.683. The van der Waals surface area contributed by atoms with Gasteiger partial charge in [0, 0.05) is 30.9 Å². The van der Waals surface area contributed by atoms with Crippen LogP contribution in [-0.4, -0.2) is 36.6 Å². The van der Waals surface area contributed by atoms with Crippen LogP contribution in [-0.2, 0) is 0 Å². The fraction of sp³-hybridized carbons (Fsp3) is 0.455. The fourth-order valence-electron chi connectivity index (χ4n) is 3.31. The van der Waals surface area contributed by atoms with Crippen molar-refractivity contribution in [1.82, 2.24) is 10.3 Å². The Morgan fingerprint density at radius 1 is 1.15 bits per heavy atom. The summed E-state index contributed by atoms with van der Waals surface area (Å²) in [6.07, 6.45) is 7.11. The van der Waals surface area contributed by atoms with E-state index in [0.29, 0.717) is 5.56 Å². The number of pyridine rings is 1. The Labute approximate surface area is 161 Å². The standard InChI is InChI=1S/C22H29N3O2/c1-2-3-6-17-27-20-10-8-18(9-11-20)22(26)24-19-12-15-25(16-13-19)21-7-4-5-14-23-21/h4-5,7-11,14,19H,2-3,6,12-13,15-17H2,1H3,(H,24,26). The first-order valence-corrected chi connectivity index (χ1v) is 9.96. The monoisotopic (exact) mass is 367 g/mol. The number of hydrogen-bond acceptors (Lipinski definition) is 4. The van der Waals surface area contributed by atoms with Crippen molar-refractivity contribution in [3.05, 3.63) is 54.2 Å². The number of carbonyl (C=O) groups is 1. The van der Waals surface area contributed by atoms with E-state index < -0.39 is 0 Å². The molecule has 1 aliphatic rings. The van der Waals surface area contributed by atoms with Crippen LogP contribution in [0.25, 0.3) is 0 Å². The molecule has 0 atom stereocenters. The third-order valence-corrected chi connectivity index (χ3v) is 4.94. The zero-order chi connectivity index (χ0) is 18.9. The van der Waals surface area contributed by atoms with Gasteiger partial charge in [0.15, 0.2) is 0 Å². The summed E-state index contributed by atoms with van der Waals surface area (Å²) in [5.74, 6) is 1.83. The first kappa shape index (κ1) is 19.2. The smallest absolute Gasteiger partial charge is 0.251 e. The predicted octanol–water partition coefficient (Wildman–Crippen LogP) is 4.05. The van der Waals surface area contributed by atoms with Crippen molar-refractivity contribution >= 4 is 11.7 Å². The number of carbonyl (C=O) groups excluding carboxylic acids is 1. The quantitative estimate of drug-likeness (QED) is 0.715. The van der Waals surface area contributed by atoms with Gasteiger partial charge in [-0.1, -0.05) is 25.8 Å². The van der Waals surface area contributed by atoms with Crippen molar-refractivity contribution in [2.24, 2.45) is 0 Å². The average molecular weight is 367 g/mol. The molecular formula is C22H29N3O2. The van der Waals surface area contributed by atoms with Crippen molar-refractivity contribution < 1.29 is 9.53 Å². The molecule has 1 aromatic heterocycles. The molecule has 1 N–H and O–H groups in total. The number of ether oxygens (including phenoxy) is 1. The lowest BCUT2D eigenvalue weighted by molar-refractivity contribution is 0.0931. The Morgan fingerprint density at radius 2 is 1.93 bits per heavy atom. The van der Waals surface area contributed by atoms with Gasteiger partial charge in [0.25, 0.3) is 5.91 Å². The average Bonchev–Trinajstić information content (AvgIpc) is 2.73. The van der Waals surface area contributed by atoms with Gasteiger partial charge in [-0.15, -0.1) is 0 Å². The fourth-order valence-corrected chi connectivity index (χ4v) is 3.31. The van der Waals surface area contributed by atoms with Gasteiger partial charge in [-0.05, 0) is 55.7 Å². The van der Waals surface area contributed by atoms with Crippen molar-refractivity contribution in [3.8, 4) is 5.75 Å². The van der Waals surface area contributed by atoms with Crippen molar-refractivity contribution in [1.29, 1.82) is 0 Å². The summed E-state index contributed by atoms with van der Waals surface area (Å²) in [6.45, 7) is 4.73.